The number of nitrogens with zero attached hydrogens (tertiary/aromatic N) is 1. The molecule has 0 bridgehead atoms. The second kappa shape index (κ2) is 9.25. The van der Waals surface area contributed by atoms with Crippen LogP contribution in [0.4, 0.5) is 13.2 Å². The first-order valence-electron chi connectivity index (χ1n) is 7.16. The van der Waals surface area contributed by atoms with Gasteiger partial charge in [-0.3, -0.25) is 9.59 Å². The third-order valence-electron chi connectivity index (χ3n) is 3.93. The SMILES string of the molecule is CCn1c(=O)c(C(=O)C(F)(F)F)c(O)c2c3ccccc3ccc21.O.O.[Eu]. The number of aromatic nitrogens is 1. The minimum absolute atomic E-state index is 0. The van der Waals surface area contributed by atoms with Gasteiger partial charge in [-0.1, -0.05) is 30.3 Å². The summed E-state index contributed by atoms with van der Waals surface area (Å²) in [5.41, 5.74) is -2.12. The van der Waals surface area contributed by atoms with Crippen molar-refractivity contribution in [2.45, 2.75) is 19.6 Å². The molecule has 0 atom stereocenters. The van der Waals surface area contributed by atoms with Crippen LogP contribution in [-0.4, -0.2) is 32.6 Å². The number of carbonyl (C=O) groups is 1. The molecule has 27 heavy (non-hydrogen) atoms. The van der Waals surface area contributed by atoms with E-state index in [2.05, 4.69) is 0 Å². The van der Waals surface area contributed by atoms with E-state index in [0.717, 1.165) is 4.57 Å². The molecule has 1 radical (unpaired) electrons. The average Bonchev–Trinajstić information content (AvgIpc) is 2.53. The number of halogens is 3. The Labute approximate surface area is 191 Å². The number of Topliss-reactive ketones (excluding diaryl/α,β-unsaturated/α-hetero) is 1. The number of benzene rings is 2. The molecule has 10 heteroatoms. The quantitative estimate of drug-likeness (QED) is 0.408. The largest absolute Gasteiger partial charge is 0.506 e. The van der Waals surface area contributed by atoms with Crippen molar-refractivity contribution in [3.8, 4) is 5.75 Å². The molecule has 0 saturated heterocycles. The molecule has 3 aromatic rings. The molecule has 2 aromatic carbocycles. The molecule has 0 aliphatic heterocycles. The van der Waals surface area contributed by atoms with Crippen molar-refractivity contribution in [1.82, 2.24) is 4.57 Å². The molecule has 5 N–H and O–H groups in total. The molecule has 147 valence electrons. The second-order valence-corrected chi connectivity index (χ2v) is 5.28. The zero-order valence-corrected chi connectivity index (χ0v) is 16.3. The van der Waals surface area contributed by atoms with Gasteiger partial charge in [0.15, 0.2) is 0 Å². The van der Waals surface area contributed by atoms with Gasteiger partial charge in [0.2, 0.25) is 0 Å². The summed E-state index contributed by atoms with van der Waals surface area (Å²) in [5, 5.41) is 11.5. The van der Waals surface area contributed by atoms with Crippen molar-refractivity contribution in [2.24, 2.45) is 0 Å². The molecule has 3 rings (SSSR count). The Balaban J connectivity index is 0.00000225. The third kappa shape index (κ3) is 4.24. The van der Waals surface area contributed by atoms with E-state index >= 15 is 0 Å². The van der Waals surface area contributed by atoms with E-state index in [9.17, 15) is 27.9 Å². The van der Waals surface area contributed by atoms with Crippen molar-refractivity contribution in [1.29, 1.82) is 0 Å². The first-order valence-corrected chi connectivity index (χ1v) is 7.16. The fourth-order valence-electron chi connectivity index (χ4n) is 2.86. The van der Waals surface area contributed by atoms with E-state index in [0.29, 0.717) is 10.8 Å². The standard InChI is InChI=1S/C17H12F3NO3.Eu.2H2O/c1-2-21-11-8-7-9-5-3-4-6-10(9)12(11)14(22)13(16(21)24)15(23)17(18,19)20;;;/h3-8,22H,2H2,1H3;;2*1H2. The maximum Gasteiger partial charge on any atom is 0.455 e. The van der Waals surface area contributed by atoms with Crippen LogP contribution in [-0.2, 0) is 6.54 Å². The molecule has 1 heterocycles. The summed E-state index contributed by atoms with van der Waals surface area (Å²) in [5.74, 6) is -3.28. The minimum Gasteiger partial charge on any atom is -0.506 e. The summed E-state index contributed by atoms with van der Waals surface area (Å²) in [6.07, 6.45) is -5.25. The van der Waals surface area contributed by atoms with Crippen molar-refractivity contribution >= 4 is 27.5 Å². The molecule has 0 saturated carbocycles. The van der Waals surface area contributed by atoms with Gasteiger partial charge in [-0.2, -0.15) is 13.2 Å². The van der Waals surface area contributed by atoms with Crippen molar-refractivity contribution in [3.63, 3.8) is 0 Å². The Bertz CT molecular complexity index is 1050. The molecule has 0 aliphatic carbocycles. The number of aryl methyl sites for hydroxylation is 1. The maximum absolute atomic E-state index is 12.8. The van der Waals surface area contributed by atoms with Crippen LogP contribution in [0.5, 0.6) is 5.75 Å². The van der Waals surface area contributed by atoms with Gasteiger partial charge in [0.25, 0.3) is 11.3 Å². The summed E-state index contributed by atoms with van der Waals surface area (Å²) in [6.45, 7) is 1.64. The average molecular weight is 523 g/mol. The van der Waals surface area contributed by atoms with Crippen LogP contribution in [0, 0.1) is 49.4 Å². The van der Waals surface area contributed by atoms with Crippen LogP contribution in [0.2, 0.25) is 0 Å². The van der Waals surface area contributed by atoms with Gasteiger partial charge in [0, 0.05) is 61.3 Å². The maximum atomic E-state index is 12.8. The number of fused-ring (bicyclic) bond motifs is 3. The molecular formula is C17H16EuF3NO5. The smallest absolute Gasteiger partial charge is 0.455 e. The van der Waals surface area contributed by atoms with E-state index in [4.69, 9.17) is 0 Å². The molecule has 0 amide bonds. The Morgan fingerprint density at radius 1 is 1.11 bits per heavy atom. The molecule has 0 spiro atoms. The number of aromatic hydroxyl groups is 1. The zero-order valence-electron chi connectivity index (χ0n) is 13.9. The molecule has 0 unspecified atom stereocenters. The zero-order chi connectivity index (χ0) is 17.6. The summed E-state index contributed by atoms with van der Waals surface area (Å²) < 4.78 is 39.6. The van der Waals surface area contributed by atoms with E-state index < -0.39 is 28.8 Å². The number of alkyl halides is 3. The number of rotatable bonds is 2. The molecule has 6 nitrogen and oxygen atoms in total. The van der Waals surface area contributed by atoms with Gasteiger partial charge < -0.3 is 20.6 Å². The monoisotopic (exact) mass is 524 g/mol. The number of pyridine rings is 1. The Kier molecular flexibility index (Phi) is 8.79. The van der Waals surface area contributed by atoms with Crippen molar-refractivity contribution in [3.05, 3.63) is 52.3 Å². The minimum atomic E-state index is -5.25. The number of hydrogen-bond donors (Lipinski definition) is 1. The summed E-state index contributed by atoms with van der Waals surface area (Å²) in [7, 11) is 0. The molecule has 0 fully saturated rings. The predicted molar refractivity (Wildman–Crippen MR) is 90.7 cm³/mol. The summed E-state index contributed by atoms with van der Waals surface area (Å²) in [4.78, 5) is 24.0. The van der Waals surface area contributed by atoms with Crippen molar-refractivity contribution in [2.75, 3.05) is 0 Å². The first kappa shape index (κ1) is 25.7. The van der Waals surface area contributed by atoms with Gasteiger partial charge in [0.05, 0.1) is 5.52 Å². The topological polar surface area (TPSA) is 122 Å². The van der Waals surface area contributed by atoms with Crippen LogP contribution < -0.4 is 5.56 Å². The number of carbonyl (C=O) groups excluding carboxylic acids is 1. The van der Waals surface area contributed by atoms with Gasteiger partial charge in [-0.25, -0.2) is 0 Å². The normalized spacial score (nSPS) is 10.7. The second-order valence-electron chi connectivity index (χ2n) is 5.28. The van der Waals surface area contributed by atoms with Gasteiger partial charge in [0.1, 0.15) is 11.3 Å². The Morgan fingerprint density at radius 2 is 1.70 bits per heavy atom. The molecular weight excluding hydrogens is 507 g/mol. The summed E-state index contributed by atoms with van der Waals surface area (Å²) >= 11 is 0. The van der Waals surface area contributed by atoms with Crippen LogP contribution in [0.3, 0.4) is 0 Å². The van der Waals surface area contributed by atoms with Crippen molar-refractivity contribution < 1.29 is 83.4 Å². The van der Waals surface area contributed by atoms with Crippen LogP contribution in [0.1, 0.15) is 17.3 Å². The van der Waals surface area contributed by atoms with Crippen LogP contribution >= 0.6 is 0 Å². The van der Waals surface area contributed by atoms with Crippen LogP contribution in [0.25, 0.3) is 21.7 Å². The van der Waals surface area contributed by atoms with Gasteiger partial charge in [-0.15, -0.1) is 0 Å². The van der Waals surface area contributed by atoms with Crippen LogP contribution in [0.15, 0.2) is 41.2 Å². The number of ketones is 1. The Hall–Kier alpha value is -1.33. The fraction of sp³-hybridized carbons (Fsp3) is 0.176. The first-order chi connectivity index (χ1) is 11.3. The predicted octanol–water partition coefficient (Wildman–Crippen LogP) is 1.98. The third-order valence-corrected chi connectivity index (χ3v) is 3.93. The van der Waals surface area contributed by atoms with E-state index in [1.165, 1.54) is 0 Å². The van der Waals surface area contributed by atoms with Gasteiger partial charge >= 0.3 is 6.18 Å². The number of hydrogen-bond acceptors (Lipinski definition) is 3. The van der Waals surface area contributed by atoms with E-state index in [1.54, 1.807) is 43.3 Å². The molecule has 0 aliphatic rings. The molecule has 1 aromatic heterocycles. The Morgan fingerprint density at radius 3 is 2.26 bits per heavy atom. The fourth-order valence-corrected chi connectivity index (χ4v) is 2.86. The van der Waals surface area contributed by atoms with E-state index in [1.807, 2.05) is 0 Å². The summed E-state index contributed by atoms with van der Waals surface area (Å²) in [6, 6.07) is 9.99. The van der Waals surface area contributed by atoms with Gasteiger partial charge in [-0.05, 0) is 23.8 Å². The van der Waals surface area contributed by atoms with E-state index in [-0.39, 0.29) is 77.8 Å².